The Morgan fingerprint density at radius 3 is 2.50 bits per heavy atom. The van der Waals surface area contributed by atoms with Gasteiger partial charge < -0.3 is 5.11 Å². The van der Waals surface area contributed by atoms with Crippen LogP contribution in [0.25, 0.3) is 0 Å². The fourth-order valence-electron chi connectivity index (χ4n) is 0.841. The largest absolute Gasteiger partial charge is 0.497 e. The molecule has 1 heterocycles. The molecule has 1 aromatic heterocycles. The summed E-state index contributed by atoms with van der Waals surface area (Å²) in [5.41, 5.74) is 0.854. The van der Waals surface area contributed by atoms with E-state index in [0.717, 1.165) is 0 Å². The first-order chi connectivity index (χ1) is 5.52. The summed E-state index contributed by atoms with van der Waals surface area (Å²) >= 11 is 10.3. The monoisotopic (exact) mass is 202 g/mol. The second-order valence-electron chi connectivity index (χ2n) is 2.32. The molecule has 0 bridgehead atoms. The number of aryl methyl sites for hydroxylation is 2. The van der Waals surface area contributed by atoms with Crippen molar-refractivity contribution < 1.29 is 5.11 Å². The maximum atomic E-state index is 9.01. The highest BCUT2D eigenvalue weighted by molar-refractivity contribution is 7.80. The summed E-state index contributed by atoms with van der Waals surface area (Å²) < 4.78 is 0. The average molecular weight is 203 g/mol. The van der Waals surface area contributed by atoms with Crippen molar-refractivity contribution in [2.24, 2.45) is 0 Å². The third kappa shape index (κ3) is 1.70. The van der Waals surface area contributed by atoms with Crippen molar-refractivity contribution in [1.29, 1.82) is 0 Å². The maximum absolute atomic E-state index is 9.01. The molecule has 0 spiro atoms. The maximum Gasteiger partial charge on any atom is 0.209 e. The van der Waals surface area contributed by atoms with Gasteiger partial charge in [-0.2, -0.15) is 0 Å². The fraction of sp³-hybridized carbons (Fsp3) is 0.286. The summed E-state index contributed by atoms with van der Waals surface area (Å²) in [6.07, 6.45) is 0. The summed E-state index contributed by atoms with van der Waals surface area (Å²) in [4.78, 5) is 7.90. The predicted octanol–water partition coefficient (Wildman–Crippen LogP) is 1.98. The normalized spacial score (nSPS) is 9.92. The molecule has 0 saturated carbocycles. The number of aromatic nitrogens is 2. The zero-order valence-corrected chi connectivity index (χ0v) is 8.20. The summed E-state index contributed by atoms with van der Waals surface area (Å²) in [6, 6.07) is 0. The first-order valence-electron chi connectivity index (χ1n) is 3.26. The second kappa shape index (κ2) is 3.33. The fourth-order valence-corrected chi connectivity index (χ4v) is 1.22. The Morgan fingerprint density at radius 1 is 1.42 bits per heavy atom. The molecule has 0 radical (unpaired) electrons. The summed E-state index contributed by atoms with van der Waals surface area (Å²) in [5.74, 6) is 0.545. The van der Waals surface area contributed by atoms with Gasteiger partial charge in [-0.3, -0.25) is 0 Å². The van der Waals surface area contributed by atoms with Crippen LogP contribution in [0.4, 0.5) is 0 Å². The van der Waals surface area contributed by atoms with Crippen LogP contribution in [0, 0.1) is 13.8 Å². The molecular formula is C7H7ClN2OS. The van der Waals surface area contributed by atoms with Crippen molar-refractivity contribution >= 4 is 28.9 Å². The number of hydrogen-bond acceptors (Lipinski definition) is 3. The van der Waals surface area contributed by atoms with E-state index in [4.69, 9.17) is 16.7 Å². The predicted molar refractivity (Wildman–Crippen MR) is 50.8 cm³/mol. The summed E-state index contributed by atoms with van der Waals surface area (Å²) in [5, 5.41) is 9.03. The molecule has 0 saturated heterocycles. The smallest absolute Gasteiger partial charge is 0.209 e. The first kappa shape index (κ1) is 9.35. The number of thiocarbonyl (C=S) groups is 1. The zero-order chi connectivity index (χ0) is 9.30. The van der Waals surface area contributed by atoms with E-state index >= 15 is 0 Å². The van der Waals surface area contributed by atoms with Crippen LogP contribution in [-0.4, -0.2) is 20.1 Å². The Morgan fingerprint density at radius 2 is 2.00 bits per heavy atom. The van der Waals surface area contributed by atoms with Gasteiger partial charge in [-0.25, -0.2) is 9.97 Å². The van der Waals surface area contributed by atoms with Crippen molar-refractivity contribution in [1.82, 2.24) is 9.97 Å². The third-order valence-corrected chi connectivity index (χ3v) is 1.98. The van der Waals surface area contributed by atoms with Crippen LogP contribution in [0.15, 0.2) is 0 Å². The molecule has 0 aliphatic rings. The lowest BCUT2D eigenvalue weighted by molar-refractivity contribution is 0.567. The molecule has 0 aliphatic carbocycles. The molecule has 1 rings (SSSR count). The van der Waals surface area contributed by atoms with E-state index in [0.29, 0.717) is 16.5 Å². The Labute approximate surface area is 80.4 Å². The van der Waals surface area contributed by atoms with Crippen LogP contribution in [0.5, 0.6) is 0 Å². The van der Waals surface area contributed by atoms with Crippen molar-refractivity contribution in [2.75, 3.05) is 0 Å². The van der Waals surface area contributed by atoms with E-state index in [1.54, 1.807) is 13.8 Å². The lowest BCUT2D eigenvalue weighted by atomic mass is 10.3. The molecule has 12 heavy (non-hydrogen) atoms. The quantitative estimate of drug-likeness (QED) is 0.708. The molecule has 0 amide bonds. The van der Waals surface area contributed by atoms with Crippen LogP contribution in [0.1, 0.15) is 17.2 Å². The van der Waals surface area contributed by atoms with Gasteiger partial charge in [0.25, 0.3) is 0 Å². The van der Waals surface area contributed by atoms with Gasteiger partial charge in [0.1, 0.15) is 11.5 Å². The number of rotatable bonds is 1. The Bertz CT molecular complexity index is 340. The highest BCUT2D eigenvalue weighted by Gasteiger charge is 2.10. The van der Waals surface area contributed by atoms with Crippen LogP contribution in [0.2, 0.25) is 5.02 Å². The summed E-state index contributed by atoms with van der Waals surface area (Å²) in [7, 11) is 0. The van der Waals surface area contributed by atoms with Gasteiger partial charge in [-0.15, -0.1) is 0 Å². The van der Waals surface area contributed by atoms with Crippen LogP contribution in [0.3, 0.4) is 0 Å². The Kier molecular flexibility index (Phi) is 2.59. The van der Waals surface area contributed by atoms with Crippen LogP contribution >= 0.6 is 23.8 Å². The lowest BCUT2D eigenvalue weighted by Crippen LogP contribution is -2.05. The molecule has 0 aromatic carbocycles. The van der Waals surface area contributed by atoms with Gasteiger partial charge in [0.2, 0.25) is 5.05 Å². The highest BCUT2D eigenvalue weighted by Crippen LogP contribution is 2.17. The van der Waals surface area contributed by atoms with E-state index in [-0.39, 0.29) is 10.7 Å². The van der Waals surface area contributed by atoms with Gasteiger partial charge in [0.05, 0.1) is 10.7 Å². The topological polar surface area (TPSA) is 46.0 Å². The second-order valence-corrected chi connectivity index (χ2v) is 3.09. The van der Waals surface area contributed by atoms with Crippen LogP contribution in [-0.2, 0) is 0 Å². The zero-order valence-electron chi connectivity index (χ0n) is 6.63. The first-order valence-corrected chi connectivity index (χ1v) is 4.05. The van der Waals surface area contributed by atoms with E-state index in [1.165, 1.54) is 0 Å². The lowest BCUT2D eigenvalue weighted by Gasteiger charge is -2.03. The Balaban J connectivity index is 3.37. The summed E-state index contributed by atoms with van der Waals surface area (Å²) in [6.45, 7) is 3.45. The molecular weight excluding hydrogens is 196 g/mol. The van der Waals surface area contributed by atoms with E-state index in [2.05, 4.69) is 22.2 Å². The molecule has 0 atom stereocenters. The van der Waals surface area contributed by atoms with Crippen molar-refractivity contribution in [3.63, 3.8) is 0 Å². The number of halogens is 1. The van der Waals surface area contributed by atoms with Gasteiger partial charge in [-0.05, 0) is 26.1 Å². The molecule has 0 unspecified atom stereocenters. The van der Waals surface area contributed by atoms with Gasteiger partial charge >= 0.3 is 0 Å². The minimum atomic E-state index is -0.298. The van der Waals surface area contributed by atoms with Gasteiger partial charge in [0, 0.05) is 0 Å². The molecule has 0 aliphatic heterocycles. The minimum Gasteiger partial charge on any atom is -0.497 e. The number of nitrogens with zero attached hydrogens (tertiary/aromatic N) is 2. The highest BCUT2D eigenvalue weighted by atomic mass is 35.5. The standard InChI is InChI=1S/C7H7ClN2OS/c1-3-5(8)6(7(11)12)10-4(2)9-3/h1-2H3,(H,11,12). The van der Waals surface area contributed by atoms with Gasteiger partial charge in [-0.1, -0.05) is 11.6 Å². The van der Waals surface area contributed by atoms with Gasteiger partial charge in [0.15, 0.2) is 0 Å². The molecule has 1 aromatic rings. The Hall–Kier alpha value is -0.740. The number of aliphatic hydroxyl groups is 1. The number of aliphatic hydroxyl groups excluding tert-OH is 1. The van der Waals surface area contributed by atoms with Crippen molar-refractivity contribution in [2.45, 2.75) is 13.8 Å². The number of hydrogen-bond donors (Lipinski definition) is 1. The average Bonchev–Trinajstić information content (AvgIpc) is 1.96. The molecule has 5 heteroatoms. The van der Waals surface area contributed by atoms with Crippen molar-refractivity contribution in [3.8, 4) is 0 Å². The van der Waals surface area contributed by atoms with E-state index in [1.807, 2.05) is 0 Å². The SMILES string of the molecule is Cc1nc(C)c(Cl)c(C(O)=S)n1. The molecule has 3 nitrogen and oxygen atoms in total. The van der Waals surface area contributed by atoms with E-state index in [9.17, 15) is 0 Å². The third-order valence-electron chi connectivity index (χ3n) is 1.33. The molecule has 1 N–H and O–H groups in total. The van der Waals surface area contributed by atoms with Crippen molar-refractivity contribution in [3.05, 3.63) is 22.2 Å². The molecule has 64 valence electrons. The van der Waals surface area contributed by atoms with Crippen LogP contribution < -0.4 is 0 Å². The molecule has 0 fully saturated rings. The minimum absolute atomic E-state index is 0.233. The van der Waals surface area contributed by atoms with E-state index < -0.39 is 0 Å².